The molecular formula is C18H15N3OS. The minimum absolute atomic E-state index is 0.657. The normalized spacial score (nSPS) is 11.2. The van der Waals surface area contributed by atoms with Gasteiger partial charge in [-0.15, -0.1) is 0 Å². The molecule has 0 aliphatic heterocycles. The Kier molecular flexibility index (Phi) is 3.63. The van der Waals surface area contributed by atoms with Crippen LogP contribution in [-0.4, -0.2) is 14.5 Å². The molecule has 0 aliphatic rings. The van der Waals surface area contributed by atoms with Gasteiger partial charge in [-0.2, -0.15) is 0 Å². The van der Waals surface area contributed by atoms with E-state index in [-0.39, 0.29) is 0 Å². The molecule has 0 saturated heterocycles. The summed E-state index contributed by atoms with van der Waals surface area (Å²) in [5.41, 5.74) is 3.18. The predicted molar refractivity (Wildman–Crippen MR) is 92.2 cm³/mol. The van der Waals surface area contributed by atoms with E-state index in [4.69, 9.17) is 4.42 Å². The van der Waals surface area contributed by atoms with Crippen molar-refractivity contribution in [3.8, 4) is 11.3 Å². The summed E-state index contributed by atoms with van der Waals surface area (Å²) in [6, 6.07) is 18.1. The number of benzene rings is 2. The molecule has 4 rings (SSSR count). The Balaban J connectivity index is 1.53. The lowest BCUT2D eigenvalue weighted by Gasteiger charge is -2.00. The van der Waals surface area contributed by atoms with E-state index in [2.05, 4.69) is 20.6 Å². The van der Waals surface area contributed by atoms with Gasteiger partial charge in [-0.3, -0.25) is 0 Å². The van der Waals surface area contributed by atoms with Crippen LogP contribution in [0.4, 0.5) is 0 Å². The highest BCUT2D eigenvalue weighted by Gasteiger charge is 2.11. The van der Waals surface area contributed by atoms with E-state index in [0.717, 1.165) is 27.5 Å². The number of hydrogen-bond donors (Lipinski definition) is 0. The van der Waals surface area contributed by atoms with Gasteiger partial charge in [-0.1, -0.05) is 54.2 Å². The maximum Gasteiger partial charge on any atom is 0.205 e. The quantitative estimate of drug-likeness (QED) is 0.518. The van der Waals surface area contributed by atoms with Crippen LogP contribution in [0.25, 0.3) is 22.4 Å². The van der Waals surface area contributed by atoms with Crippen molar-refractivity contribution in [3.63, 3.8) is 0 Å². The fourth-order valence-corrected chi connectivity index (χ4v) is 3.33. The number of thioether (sulfide) groups is 1. The Morgan fingerprint density at radius 3 is 2.65 bits per heavy atom. The van der Waals surface area contributed by atoms with E-state index >= 15 is 0 Å². The number of fused-ring (bicyclic) bond motifs is 1. The Hall–Kier alpha value is -2.53. The van der Waals surface area contributed by atoms with Crippen LogP contribution in [0.5, 0.6) is 0 Å². The molecule has 2 aromatic heterocycles. The van der Waals surface area contributed by atoms with Crippen molar-refractivity contribution in [3.05, 3.63) is 66.7 Å². The predicted octanol–water partition coefficient (Wildman–Crippen LogP) is 4.52. The van der Waals surface area contributed by atoms with Crippen molar-refractivity contribution in [2.24, 2.45) is 7.05 Å². The van der Waals surface area contributed by atoms with E-state index in [9.17, 15) is 0 Å². The SMILES string of the molecule is Cn1c(SCc2ncc(-c3ccccc3)o2)nc2ccccc21. The lowest BCUT2D eigenvalue weighted by molar-refractivity contribution is 0.529. The summed E-state index contributed by atoms with van der Waals surface area (Å²) in [7, 11) is 2.03. The first kappa shape index (κ1) is 14.1. The van der Waals surface area contributed by atoms with Gasteiger partial charge in [0.1, 0.15) is 0 Å². The third kappa shape index (κ3) is 2.75. The maximum absolute atomic E-state index is 5.84. The van der Waals surface area contributed by atoms with Crippen LogP contribution in [0, 0.1) is 0 Å². The molecule has 5 heteroatoms. The minimum atomic E-state index is 0.657. The maximum atomic E-state index is 5.84. The number of para-hydroxylation sites is 2. The smallest absolute Gasteiger partial charge is 0.205 e. The van der Waals surface area contributed by atoms with E-state index in [1.54, 1.807) is 18.0 Å². The molecule has 0 spiro atoms. The highest BCUT2D eigenvalue weighted by Crippen LogP contribution is 2.27. The Bertz CT molecular complexity index is 943. The van der Waals surface area contributed by atoms with Crippen LogP contribution in [0.3, 0.4) is 0 Å². The summed E-state index contributed by atoms with van der Waals surface area (Å²) in [5.74, 6) is 2.16. The molecule has 2 aromatic carbocycles. The van der Waals surface area contributed by atoms with Crippen molar-refractivity contribution in [2.45, 2.75) is 10.9 Å². The second kappa shape index (κ2) is 5.93. The summed E-state index contributed by atoms with van der Waals surface area (Å²) < 4.78 is 7.93. The second-order valence-electron chi connectivity index (χ2n) is 5.22. The monoisotopic (exact) mass is 321 g/mol. The van der Waals surface area contributed by atoms with Gasteiger partial charge in [0.25, 0.3) is 0 Å². The largest absolute Gasteiger partial charge is 0.440 e. The molecule has 0 aliphatic carbocycles. The van der Waals surface area contributed by atoms with E-state index in [1.807, 2.05) is 55.6 Å². The third-order valence-electron chi connectivity index (χ3n) is 3.68. The average molecular weight is 321 g/mol. The molecule has 0 amide bonds. The van der Waals surface area contributed by atoms with Crippen molar-refractivity contribution < 1.29 is 4.42 Å². The molecule has 0 saturated carbocycles. The molecule has 0 fully saturated rings. The van der Waals surface area contributed by atoms with Crippen molar-refractivity contribution >= 4 is 22.8 Å². The molecule has 0 N–H and O–H groups in total. The molecule has 114 valence electrons. The zero-order chi connectivity index (χ0) is 15.6. The molecular weight excluding hydrogens is 306 g/mol. The van der Waals surface area contributed by atoms with Gasteiger partial charge >= 0.3 is 0 Å². The van der Waals surface area contributed by atoms with Crippen LogP contribution in [0.2, 0.25) is 0 Å². The number of rotatable bonds is 4. The number of oxazole rings is 1. The number of aromatic nitrogens is 3. The lowest BCUT2D eigenvalue weighted by Crippen LogP contribution is -1.91. The van der Waals surface area contributed by atoms with Crippen LogP contribution < -0.4 is 0 Å². The summed E-state index contributed by atoms with van der Waals surface area (Å²) in [6.07, 6.45) is 1.78. The van der Waals surface area contributed by atoms with Gasteiger partial charge in [0.2, 0.25) is 5.89 Å². The molecule has 23 heavy (non-hydrogen) atoms. The standard InChI is InChI=1S/C18H15N3OS/c1-21-15-10-6-5-9-14(15)20-18(21)23-12-17-19-11-16(22-17)13-7-3-2-4-8-13/h2-11H,12H2,1H3. The number of aryl methyl sites for hydroxylation is 1. The first-order valence-corrected chi connectivity index (χ1v) is 8.34. The zero-order valence-corrected chi connectivity index (χ0v) is 13.5. The van der Waals surface area contributed by atoms with Gasteiger partial charge in [0, 0.05) is 12.6 Å². The Labute approximate surface area is 138 Å². The van der Waals surface area contributed by atoms with Crippen LogP contribution in [-0.2, 0) is 12.8 Å². The van der Waals surface area contributed by atoms with Gasteiger partial charge in [-0.05, 0) is 12.1 Å². The zero-order valence-electron chi connectivity index (χ0n) is 12.6. The van der Waals surface area contributed by atoms with E-state index in [1.165, 1.54) is 0 Å². The van der Waals surface area contributed by atoms with Gasteiger partial charge in [-0.25, -0.2) is 9.97 Å². The first-order chi connectivity index (χ1) is 11.3. The Morgan fingerprint density at radius 2 is 1.83 bits per heavy atom. The van der Waals surface area contributed by atoms with Crippen LogP contribution in [0.15, 0.2) is 70.4 Å². The number of hydrogen-bond acceptors (Lipinski definition) is 4. The molecule has 0 atom stereocenters. The fraction of sp³-hybridized carbons (Fsp3) is 0.111. The molecule has 0 radical (unpaired) electrons. The van der Waals surface area contributed by atoms with Gasteiger partial charge < -0.3 is 8.98 Å². The highest BCUT2D eigenvalue weighted by atomic mass is 32.2. The first-order valence-electron chi connectivity index (χ1n) is 7.35. The number of nitrogens with zero attached hydrogens (tertiary/aromatic N) is 3. The average Bonchev–Trinajstić information content (AvgIpc) is 3.19. The Morgan fingerprint density at radius 1 is 1.04 bits per heavy atom. The molecule has 2 heterocycles. The number of imidazole rings is 1. The highest BCUT2D eigenvalue weighted by molar-refractivity contribution is 7.98. The van der Waals surface area contributed by atoms with Crippen molar-refractivity contribution in [2.75, 3.05) is 0 Å². The fourth-order valence-electron chi connectivity index (χ4n) is 2.49. The lowest BCUT2D eigenvalue weighted by atomic mass is 10.2. The van der Waals surface area contributed by atoms with Crippen molar-refractivity contribution in [1.82, 2.24) is 14.5 Å². The van der Waals surface area contributed by atoms with Gasteiger partial charge in [0.15, 0.2) is 10.9 Å². The van der Waals surface area contributed by atoms with Crippen molar-refractivity contribution in [1.29, 1.82) is 0 Å². The molecule has 4 aromatic rings. The topological polar surface area (TPSA) is 43.9 Å². The summed E-state index contributed by atoms with van der Waals surface area (Å²) in [5, 5.41) is 0.964. The minimum Gasteiger partial charge on any atom is -0.440 e. The summed E-state index contributed by atoms with van der Waals surface area (Å²) in [6.45, 7) is 0. The third-order valence-corrected chi connectivity index (χ3v) is 4.70. The van der Waals surface area contributed by atoms with E-state index < -0.39 is 0 Å². The molecule has 0 unspecified atom stereocenters. The molecule has 4 nitrogen and oxygen atoms in total. The summed E-state index contributed by atoms with van der Waals surface area (Å²) >= 11 is 1.63. The second-order valence-corrected chi connectivity index (χ2v) is 6.16. The van der Waals surface area contributed by atoms with Crippen LogP contribution >= 0.6 is 11.8 Å². The molecule has 0 bridgehead atoms. The summed E-state index contributed by atoms with van der Waals surface area (Å²) in [4.78, 5) is 9.02. The van der Waals surface area contributed by atoms with Crippen LogP contribution in [0.1, 0.15) is 5.89 Å². The van der Waals surface area contributed by atoms with E-state index in [0.29, 0.717) is 11.6 Å². The van der Waals surface area contributed by atoms with Gasteiger partial charge in [0.05, 0.1) is 23.0 Å².